The minimum absolute atomic E-state index is 0.249. The minimum atomic E-state index is -0.478. The maximum Gasteiger partial charge on any atom is 0.252 e. The van der Waals surface area contributed by atoms with Gasteiger partial charge in [-0.2, -0.15) is 0 Å². The number of carbonyl (C=O) groups excluding carboxylic acids is 2. The van der Waals surface area contributed by atoms with Gasteiger partial charge in [0.1, 0.15) is 5.82 Å². The van der Waals surface area contributed by atoms with Gasteiger partial charge in [-0.05, 0) is 48.8 Å². The van der Waals surface area contributed by atoms with Crippen molar-refractivity contribution >= 4 is 29.0 Å². The zero-order valence-electron chi connectivity index (χ0n) is 18.8. The van der Waals surface area contributed by atoms with Gasteiger partial charge in [-0.25, -0.2) is 4.98 Å². The summed E-state index contributed by atoms with van der Waals surface area (Å²) < 4.78 is 0. The molecule has 4 rings (SSSR count). The van der Waals surface area contributed by atoms with Gasteiger partial charge >= 0.3 is 0 Å². The summed E-state index contributed by atoms with van der Waals surface area (Å²) in [4.78, 5) is 30.0. The largest absolute Gasteiger partial charge is 0.384 e. The molecule has 7 nitrogen and oxygen atoms in total. The summed E-state index contributed by atoms with van der Waals surface area (Å²) in [5, 5.41) is 6.68. The van der Waals surface area contributed by atoms with Crippen LogP contribution in [0.15, 0.2) is 36.5 Å². The number of amides is 2. The van der Waals surface area contributed by atoms with Crippen LogP contribution >= 0.6 is 0 Å². The van der Waals surface area contributed by atoms with Crippen molar-refractivity contribution in [3.05, 3.63) is 47.7 Å². The number of rotatable bonds is 9. The van der Waals surface area contributed by atoms with Gasteiger partial charge in [0, 0.05) is 44.0 Å². The highest BCUT2D eigenvalue weighted by Gasteiger charge is 2.23. The average molecular weight is 436 g/mol. The molecule has 0 spiro atoms. The molecule has 170 valence electrons. The molecule has 1 aliphatic carbocycles. The molecule has 1 aromatic heterocycles. The summed E-state index contributed by atoms with van der Waals surface area (Å²) in [6.07, 6.45) is 7.84. The first-order chi connectivity index (χ1) is 15.5. The molecular weight excluding hydrogens is 402 g/mol. The molecule has 2 amide bonds. The van der Waals surface area contributed by atoms with Crippen molar-refractivity contribution in [2.24, 2.45) is 11.7 Å². The number of nitrogens with zero attached hydrogens (tertiary/aromatic N) is 2. The Balaban J connectivity index is 1.37. The van der Waals surface area contributed by atoms with Crippen molar-refractivity contribution in [2.75, 3.05) is 30.3 Å². The Hall–Kier alpha value is -3.09. The van der Waals surface area contributed by atoms with Crippen LogP contribution in [0.1, 0.15) is 67.3 Å². The molecule has 2 aliphatic rings. The lowest BCUT2D eigenvalue weighted by molar-refractivity contribution is -0.131. The Morgan fingerprint density at radius 1 is 1.12 bits per heavy atom. The zero-order chi connectivity index (χ0) is 22.5. The summed E-state index contributed by atoms with van der Waals surface area (Å²) in [5.41, 5.74) is 8.90. The number of pyridine rings is 1. The second-order valence-electron chi connectivity index (χ2n) is 8.89. The Kier molecular flexibility index (Phi) is 6.93. The molecule has 2 heterocycles. The highest BCUT2D eigenvalue weighted by Crippen LogP contribution is 2.33. The molecule has 1 aliphatic heterocycles. The molecular formula is C25H33N5O2. The van der Waals surface area contributed by atoms with E-state index in [1.54, 1.807) is 0 Å². The smallest absolute Gasteiger partial charge is 0.252 e. The topological polar surface area (TPSA) is 100 Å². The molecule has 2 fully saturated rings. The highest BCUT2D eigenvalue weighted by molar-refractivity contribution is 5.98. The molecule has 1 saturated carbocycles. The second kappa shape index (κ2) is 10.0. The average Bonchev–Trinajstić information content (AvgIpc) is 3.64. The van der Waals surface area contributed by atoms with Crippen molar-refractivity contribution in [2.45, 2.75) is 51.4 Å². The van der Waals surface area contributed by atoms with Crippen molar-refractivity contribution in [1.82, 2.24) is 9.88 Å². The van der Waals surface area contributed by atoms with Crippen molar-refractivity contribution in [1.29, 1.82) is 0 Å². The molecule has 4 N–H and O–H groups in total. The summed E-state index contributed by atoms with van der Waals surface area (Å²) in [5.74, 6) is 1.74. The molecule has 1 aromatic carbocycles. The standard InChI is InChI=1S/C25H33N5O2/c1-2-24(31)30-13-10-19(11-14-30)18-5-7-20(8-6-18)29-23-15-22(21(16-28-23)25(26)32)27-12-9-17-3-4-17/h5-8,15-17,19H,2-4,9-14H2,1H3,(H2,26,32)(H2,27,28,29). The maximum atomic E-state index is 11.9. The Morgan fingerprint density at radius 3 is 2.47 bits per heavy atom. The first-order valence-corrected chi connectivity index (χ1v) is 11.7. The zero-order valence-corrected chi connectivity index (χ0v) is 18.8. The lowest BCUT2D eigenvalue weighted by atomic mass is 9.89. The van der Waals surface area contributed by atoms with Crippen molar-refractivity contribution in [3.63, 3.8) is 0 Å². The van der Waals surface area contributed by atoms with Gasteiger partial charge in [0.15, 0.2) is 0 Å². The number of hydrogen-bond donors (Lipinski definition) is 3. The van der Waals surface area contributed by atoms with Crippen LogP contribution in [-0.4, -0.2) is 41.3 Å². The molecule has 2 aromatic rings. The molecule has 0 radical (unpaired) electrons. The predicted octanol–water partition coefficient (Wildman–Crippen LogP) is 4.25. The number of anilines is 3. The molecule has 7 heteroatoms. The lowest BCUT2D eigenvalue weighted by Gasteiger charge is -2.32. The normalized spacial score (nSPS) is 16.6. The van der Waals surface area contributed by atoms with E-state index in [4.69, 9.17) is 5.73 Å². The van der Waals surface area contributed by atoms with Crippen molar-refractivity contribution < 1.29 is 9.59 Å². The van der Waals surface area contributed by atoms with E-state index in [1.807, 2.05) is 17.9 Å². The number of nitrogens with one attached hydrogen (secondary N) is 2. The number of benzene rings is 1. The number of hydrogen-bond acceptors (Lipinski definition) is 5. The monoisotopic (exact) mass is 435 g/mol. The van der Waals surface area contributed by atoms with Crippen LogP contribution in [0, 0.1) is 5.92 Å². The second-order valence-corrected chi connectivity index (χ2v) is 8.89. The third-order valence-corrected chi connectivity index (χ3v) is 6.54. The van der Waals surface area contributed by atoms with Gasteiger partial charge in [0.2, 0.25) is 5.91 Å². The van der Waals surface area contributed by atoms with Gasteiger partial charge in [0.25, 0.3) is 5.91 Å². The summed E-state index contributed by atoms with van der Waals surface area (Å²) in [7, 11) is 0. The number of primary amides is 1. The molecule has 0 unspecified atom stereocenters. The van der Waals surface area contributed by atoms with Crippen LogP contribution in [0.2, 0.25) is 0 Å². The Bertz CT molecular complexity index is 947. The predicted molar refractivity (Wildman–Crippen MR) is 127 cm³/mol. The van der Waals surface area contributed by atoms with Gasteiger partial charge in [-0.1, -0.05) is 31.9 Å². The summed E-state index contributed by atoms with van der Waals surface area (Å²) >= 11 is 0. The maximum absolute atomic E-state index is 11.9. The quantitative estimate of drug-likeness (QED) is 0.547. The Morgan fingerprint density at radius 2 is 1.84 bits per heavy atom. The van der Waals surface area contributed by atoms with E-state index in [0.29, 0.717) is 23.7 Å². The van der Waals surface area contributed by atoms with E-state index in [2.05, 4.69) is 39.9 Å². The third kappa shape index (κ3) is 5.58. The summed E-state index contributed by atoms with van der Waals surface area (Å²) in [6.45, 7) is 4.42. The molecule has 0 bridgehead atoms. The van der Waals surface area contributed by atoms with E-state index in [0.717, 1.165) is 56.2 Å². The van der Waals surface area contributed by atoms with Gasteiger partial charge < -0.3 is 21.3 Å². The summed E-state index contributed by atoms with van der Waals surface area (Å²) in [6, 6.07) is 10.3. The number of carbonyl (C=O) groups is 2. The van der Waals surface area contributed by atoms with E-state index < -0.39 is 5.91 Å². The molecule has 32 heavy (non-hydrogen) atoms. The van der Waals surface area contributed by atoms with Crippen molar-refractivity contribution in [3.8, 4) is 0 Å². The van der Waals surface area contributed by atoms with Crippen LogP contribution in [-0.2, 0) is 4.79 Å². The number of aromatic nitrogens is 1. The fraction of sp³-hybridized carbons (Fsp3) is 0.480. The lowest BCUT2D eigenvalue weighted by Crippen LogP contribution is -2.37. The number of likely N-dealkylation sites (tertiary alicyclic amines) is 1. The third-order valence-electron chi connectivity index (χ3n) is 6.54. The fourth-order valence-electron chi connectivity index (χ4n) is 4.36. The van der Waals surface area contributed by atoms with E-state index in [9.17, 15) is 9.59 Å². The van der Waals surface area contributed by atoms with Crippen LogP contribution in [0.5, 0.6) is 0 Å². The first kappa shape index (κ1) is 22.1. The minimum Gasteiger partial charge on any atom is -0.384 e. The SMILES string of the molecule is CCC(=O)N1CCC(c2ccc(Nc3cc(NCCC4CC4)c(C(N)=O)cn3)cc2)CC1. The van der Waals surface area contributed by atoms with E-state index in [1.165, 1.54) is 24.6 Å². The number of piperidine rings is 1. The fourth-order valence-corrected chi connectivity index (χ4v) is 4.36. The van der Waals surface area contributed by atoms with Crippen LogP contribution in [0.4, 0.5) is 17.2 Å². The van der Waals surface area contributed by atoms with Gasteiger partial charge in [-0.3, -0.25) is 9.59 Å². The molecule has 1 saturated heterocycles. The van der Waals surface area contributed by atoms with Crippen LogP contribution in [0.3, 0.4) is 0 Å². The highest BCUT2D eigenvalue weighted by atomic mass is 16.2. The van der Waals surface area contributed by atoms with Gasteiger partial charge in [-0.15, -0.1) is 0 Å². The van der Waals surface area contributed by atoms with E-state index in [-0.39, 0.29) is 5.91 Å². The Labute approximate surface area is 189 Å². The van der Waals surface area contributed by atoms with Crippen LogP contribution in [0.25, 0.3) is 0 Å². The first-order valence-electron chi connectivity index (χ1n) is 11.7. The van der Waals surface area contributed by atoms with Crippen LogP contribution < -0.4 is 16.4 Å². The molecule has 0 atom stereocenters. The van der Waals surface area contributed by atoms with E-state index >= 15 is 0 Å². The van der Waals surface area contributed by atoms with Gasteiger partial charge in [0.05, 0.1) is 11.3 Å². The number of nitrogens with two attached hydrogens (primary N) is 1.